The summed E-state index contributed by atoms with van der Waals surface area (Å²) in [6.45, 7) is 0.192. The molecule has 1 unspecified atom stereocenters. The lowest BCUT2D eigenvalue weighted by Gasteiger charge is -2.18. The molecule has 3 N–H and O–H groups in total. The average molecular weight is 256 g/mol. The van der Waals surface area contributed by atoms with Crippen LogP contribution in [0.4, 0.5) is 17.6 Å². The van der Waals surface area contributed by atoms with E-state index in [4.69, 9.17) is 5.84 Å². The number of alkyl halides is 4. The standard InChI is InChI=1S/C10H16F4N2O/c1-2-3-4-5-8(16-15)6-17-7-10(13,14)9(11)12/h8-9,16H,4-7,15H2,1H3. The number of nitrogens with two attached hydrogens (primary N) is 1. The Kier molecular flexibility index (Phi) is 7.87. The van der Waals surface area contributed by atoms with Crippen LogP contribution >= 0.6 is 0 Å². The zero-order valence-electron chi connectivity index (χ0n) is 9.48. The van der Waals surface area contributed by atoms with Gasteiger partial charge in [0.25, 0.3) is 0 Å². The molecule has 0 saturated heterocycles. The highest BCUT2D eigenvalue weighted by Crippen LogP contribution is 2.22. The van der Waals surface area contributed by atoms with Gasteiger partial charge in [-0.1, -0.05) is 0 Å². The third kappa shape index (κ3) is 7.15. The molecule has 0 radical (unpaired) electrons. The number of halogens is 4. The predicted octanol–water partition coefficient (Wildman–Crippen LogP) is 1.54. The van der Waals surface area contributed by atoms with Gasteiger partial charge in [-0.05, 0) is 13.3 Å². The molecule has 0 aliphatic rings. The first-order valence-electron chi connectivity index (χ1n) is 5.03. The summed E-state index contributed by atoms with van der Waals surface area (Å²) in [6, 6.07) is -0.385. The van der Waals surface area contributed by atoms with Crippen molar-refractivity contribution in [3.05, 3.63) is 0 Å². The van der Waals surface area contributed by atoms with E-state index in [0.29, 0.717) is 12.8 Å². The smallest absolute Gasteiger partial charge is 0.330 e. The molecule has 100 valence electrons. The minimum absolute atomic E-state index is 0.162. The maximum Gasteiger partial charge on any atom is 0.330 e. The predicted molar refractivity (Wildman–Crippen MR) is 55.6 cm³/mol. The fourth-order valence-electron chi connectivity index (χ4n) is 0.986. The summed E-state index contributed by atoms with van der Waals surface area (Å²) in [4.78, 5) is 0. The molecule has 0 aliphatic heterocycles. The minimum Gasteiger partial charge on any atom is -0.373 e. The second-order valence-corrected chi connectivity index (χ2v) is 3.41. The van der Waals surface area contributed by atoms with Crippen LogP contribution in [0.3, 0.4) is 0 Å². The number of hydrogen-bond acceptors (Lipinski definition) is 3. The Bertz CT molecular complexity index is 263. The van der Waals surface area contributed by atoms with E-state index in [-0.39, 0.29) is 12.6 Å². The monoisotopic (exact) mass is 256 g/mol. The molecule has 0 aromatic rings. The summed E-state index contributed by atoms with van der Waals surface area (Å²) >= 11 is 0. The number of nitrogens with one attached hydrogen (secondary N) is 1. The molecule has 1 atom stereocenters. The van der Waals surface area contributed by atoms with E-state index >= 15 is 0 Å². The van der Waals surface area contributed by atoms with Gasteiger partial charge in [-0.25, -0.2) is 8.78 Å². The highest BCUT2D eigenvalue weighted by molar-refractivity contribution is 4.95. The van der Waals surface area contributed by atoms with Crippen molar-refractivity contribution in [2.24, 2.45) is 5.84 Å². The molecule has 0 spiro atoms. The van der Waals surface area contributed by atoms with Crippen LogP contribution in [0, 0.1) is 11.8 Å². The van der Waals surface area contributed by atoms with Crippen LogP contribution in [-0.4, -0.2) is 31.6 Å². The first kappa shape index (κ1) is 16.2. The molecule has 0 aromatic heterocycles. The zero-order valence-corrected chi connectivity index (χ0v) is 9.48. The molecule has 0 rings (SSSR count). The minimum atomic E-state index is -4.12. The van der Waals surface area contributed by atoms with E-state index < -0.39 is 19.0 Å². The normalized spacial score (nSPS) is 13.4. The molecule has 0 saturated carbocycles. The molecular weight excluding hydrogens is 240 g/mol. The quantitative estimate of drug-likeness (QED) is 0.300. The third-order valence-corrected chi connectivity index (χ3v) is 1.96. The SMILES string of the molecule is CC#CCCC(COCC(F)(F)C(F)F)NN. The van der Waals surface area contributed by atoms with E-state index in [1.54, 1.807) is 6.92 Å². The lowest BCUT2D eigenvalue weighted by Crippen LogP contribution is -2.40. The second-order valence-electron chi connectivity index (χ2n) is 3.41. The van der Waals surface area contributed by atoms with E-state index in [1.165, 1.54) is 0 Å². The molecule has 0 heterocycles. The van der Waals surface area contributed by atoms with Crippen LogP contribution in [0.2, 0.25) is 0 Å². The summed E-state index contributed by atoms with van der Waals surface area (Å²) in [5.41, 5.74) is 2.35. The van der Waals surface area contributed by atoms with Crippen LogP contribution in [-0.2, 0) is 4.74 Å². The number of hydrazine groups is 1. The highest BCUT2D eigenvalue weighted by Gasteiger charge is 2.41. The maximum atomic E-state index is 12.5. The summed E-state index contributed by atoms with van der Waals surface area (Å²) in [5, 5.41) is 0. The zero-order chi connectivity index (χ0) is 13.3. The van der Waals surface area contributed by atoms with Crippen molar-refractivity contribution in [3.8, 4) is 11.8 Å². The lowest BCUT2D eigenvalue weighted by atomic mass is 10.2. The van der Waals surface area contributed by atoms with Gasteiger partial charge >= 0.3 is 12.3 Å². The summed E-state index contributed by atoms with van der Waals surface area (Å²) in [7, 11) is 0. The van der Waals surface area contributed by atoms with Crippen LogP contribution in [0.25, 0.3) is 0 Å². The van der Waals surface area contributed by atoms with Gasteiger partial charge in [0.05, 0.1) is 6.61 Å². The fourth-order valence-corrected chi connectivity index (χ4v) is 0.986. The van der Waals surface area contributed by atoms with Crippen molar-refractivity contribution in [1.29, 1.82) is 0 Å². The Morgan fingerprint density at radius 3 is 2.53 bits per heavy atom. The van der Waals surface area contributed by atoms with Gasteiger partial charge in [0.1, 0.15) is 6.61 Å². The Morgan fingerprint density at radius 1 is 1.41 bits per heavy atom. The van der Waals surface area contributed by atoms with Gasteiger partial charge in [-0.15, -0.1) is 11.8 Å². The van der Waals surface area contributed by atoms with Crippen LogP contribution in [0.15, 0.2) is 0 Å². The fraction of sp³-hybridized carbons (Fsp3) is 0.800. The molecule has 0 aromatic carbocycles. The maximum absolute atomic E-state index is 12.5. The Balaban J connectivity index is 3.86. The van der Waals surface area contributed by atoms with Crippen molar-refractivity contribution in [1.82, 2.24) is 5.43 Å². The highest BCUT2D eigenvalue weighted by atomic mass is 19.3. The molecule has 0 bridgehead atoms. The van der Waals surface area contributed by atoms with E-state index in [0.717, 1.165) is 0 Å². The second kappa shape index (κ2) is 8.28. The summed E-state index contributed by atoms with van der Waals surface area (Å²) < 4.78 is 53.0. The first-order chi connectivity index (χ1) is 7.94. The molecule has 0 amide bonds. The van der Waals surface area contributed by atoms with Crippen molar-refractivity contribution < 1.29 is 22.3 Å². The van der Waals surface area contributed by atoms with Crippen LogP contribution < -0.4 is 11.3 Å². The number of ether oxygens (including phenoxy) is 1. The molecule has 7 heteroatoms. The molecule has 0 aliphatic carbocycles. The van der Waals surface area contributed by atoms with Gasteiger partial charge in [-0.2, -0.15) is 8.78 Å². The largest absolute Gasteiger partial charge is 0.373 e. The third-order valence-electron chi connectivity index (χ3n) is 1.96. The van der Waals surface area contributed by atoms with Gasteiger partial charge in [-0.3, -0.25) is 11.3 Å². The van der Waals surface area contributed by atoms with Crippen molar-refractivity contribution in [2.45, 2.75) is 38.2 Å². The number of hydrogen-bond donors (Lipinski definition) is 2. The van der Waals surface area contributed by atoms with Crippen LogP contribution in [0.5, 0.6) is 0 Å². The molecular formula is C10H16F4N2O. The molecule has 3 nitrogen and oxygen atoms in total. The van der Waals surface area contributed by atoms with Gasteiger partial charge < -0.3 is 4.74 Å². The molecule has 17 heavy (non-hydrogen) atoms. The Labute approximate surface area is 97.7 Å². The van der Waals surface area contributed by atoms with Crippen molar-refractivity contribution in [3.63, 3.8) is 0 Å². The van der Waals surface area contributed by atoms with E-state index in [2.05, 4.69) is 22.0 Å². The van der Waals surface area contributed by atoms with Crippen molar-refractivity contribution >= 4 is 0 Å². The number of rotatable bonds is 8. The Hall–Kier alpha value is -0.840. The summed E-state index contributed by atoms with van der Waals surface area (Å²) in [5.74, 6) is 6.46. The summed E-state index contributed by atoms with van der Waals surface area (Å²) in [6.07, 6.45) is -2.70. The van der Waals surface area contributed by atoms with Crippen molar-refractivity contribution in [2.75, 3.05) is 13.2 Å². The average Bonchev–Trinajstić information content (AvgIpc) is 2.26. The lowest BCUT2D eigenvalue weighted by molar-refractivity contribution is -0.167. The Morgan fingerprint density at radius 2 is 2.06 bits per heavy atom. The van der Waals surface area contributed by atoms with E-state index in [1.807, 2.05) is 0 Å². The molecule has 0 fully saturated rings. The van der Waals surface area contributed by atoms with Crippen LogP contribution in [0.1, 0.15) is 19.8 Å². The van der Waals surface area contributed by atoms with Gasteiger partial charge in [0.15, 0.2) is 0 Å². The van der Waals surface area contributed by atoms with Gasteiger partial charge in [0.2, 0.25) is 0 Å². The topological polar surface area (TPSA) is 47.3 Å². The van der Waals surface area contributed by atoms with E-state index in [9.17, 15) is 17.6 Å². The van der Waals surface area contributed by atoms with Gasteiger partial charge in [0, 0.05) is 12.5 Å². The first-order valence-corrected chi connectivity index (χ1v) is 5.03.